The molecule has 2 rings (SSSR count). The topological polar surface area (TPSA) is 53.5 Å². The van der Waals surface area contributed by atoms with Crippen LogP contribution in [0, 0.1) is 0 Å². The summed E-state index contributed by atoms with van der Waals surface area (Å²) >= 11 is 0. The number of rotatable bonds is 8. The predicted octanol–water partition coefficient (Wildman–Crippen LogP) is 3.08. The number of ether oxygens (including phenoxy) is 1. The fraction of sp³-hybridized carbons (Fsp3) is 0.294. The van der Waals surface area contributed by atoms with Crippen molar-refractivity contribution in [3.63, 3.8) is 0 Å². The van der Waals surface area contributed by atoms with Crippen LogP contribution in [0.2, 0.25) is 0 Å². The van der Waals surface area contributed by atoms with Crippen molar-refractivity contribution in [1.82, 2.24) is 5.43 Å². The predicted molar refractivity (Wildman–Crippen MR) is 85.1 cm³/mol. The van der Waals surface area contributed by atoms with Gasteiger partial charge in [-0.15, -0.1) is 0 Å². The monoisotopic (exact) mass is 286 g/mol. The number of aliphatic hydroxyl groups excluding tert-OH is 1. The Labute approximate surface area is 125 Å². The van der Waals surface area contributed by atoms with Gasteiger partial charge in [-0.1, -0.05) is 31.2 Å². The van der Waals surface area contributed by atoms with E-state index in [1.807, 2.05) is 48.5 Å². The second kappa shape index (κ2) is 8.29. The molecule has 0 aliphatic rings. The van der Waals surface area contributed by atoms with Gasteiger partial charge in [0.05, 0.1) is 13.2 Å². The Hall–Kier alpha value is -2.04. The molecule has 0 unspecified atom stereocenters. The van der Waals surface area contributed by atoms with Gasteiger partial charge in [-0.2, -0.15) is 0 Å². The molecule has 4 heteroatoms. The Kier molecular flexibility index (Phi) is 6.06. The Balaban J connectivity index is 1.91. The van der Waals surface area contributed by atoms with E-state index in [0.717, 1.165) is 29.0 Å². The van der Waals surface area contributed by atoms with Crippen molar-refractivity contribution in [1.29, 1.82) is 0 Å². The molecular formula is C17H22N2O2. The first-order valence-electron chi connectivity index (χ1n) is 7.23. The minimum atomic E-state index is -0.0149. The molecule has 0 fully saturated rings. The fourth-order valence-corrected chi connectivity index (χ4v) is 1.99. The SMILES string of the molecule is CCCOc1ccc(CNNc2ccccc2)cc1CO. The zero-order chi connectivity index (χ0) is 14.9. The van der Waals surface area contributed by atoms with Crippen LogP contribution < -0.4 is 15.6 Å². The average molecular weight is 286 g/mol. The van der Waals surface area contributed by atoms with E-state index in [9.17, 15) is 5.11 Å². The maximum absolute atomic E-state index is 9.43. The summed E-state index contributed by atoms with van der Waals surface area (Å²) in [5.74, 6) is 0.763. The van der Waals surface area contributed by atoms with Crippen LogP contribution in [0.4, 0.5) is 5.69 Å². The normalized spacial score (nSPS) is 10.4. The van der Waals surface area contributed by atoms with Gasteiger partial charge in [0.2, 0.25) is 0 Å². The molecular weight excluding hydrogens is 264 g/mol. The molecule has 112 valence electrons. The third-order valence-electron chi connectivity index (χ3n) is 3.06. The van der Waals surface area contributed by atoms with Gasteiger partial charge >= 0.3 is 0 Å². The highest BCUT2D eigenvalue weighted by molar-refractivity contribution is 5.41. The van der Waals surface area contributed by atoms with Crippen LogP contribution in [0.15, 0.2) is 48.5 Å². The molecule has 21 heavy (non-hydrogen) atoms. The third kappa shape index (κ3) is 4.77. The van der Waals surface area contributed by atoms with Crippen molar-refractivity contribution in [2.24, 2.45) is 0 Å². The summed E-state index contributed by atoms with van der Waals surface area (Å²) in [7, 11) is 0. The number of hydrazine groups is 1. The summed E-state index contributed by atoms with van der Waals surface area (Å²) in [5, 5.41) is 9.43. The van der Waals surface area contributed by atoms with E-state index in [1.54, 1.807) is 0 Å². The number of para-hydroxylation sites is 1. The van der Waals surface area contributed by atoms with Gasteiger partial charge in [0.1, 0.15) is 5.75 Å². The quantitative estimate of drug-likeness (QED) is 0.653. The van der Waals surface area contributed by atoms with Crippen molar-refractivity contribution in [3.05, 3.63) is 59.7 Å². The molecule has 0 heterocycles. The molecule has 0 saturated carbocycles. The van der Waals surface area contributed by atoms with Crippen molar-refractivity contribution >= 4 is 5.69 Å². The number of hydrogen-bond acceptors (Lipinski definition) is 4. The summed E-state index contributed by atoms with van der Waals surface area (Å²) in [6, 6.07) is 15.8. The fourth-order valence-electron chi connectivity index (χ4n) is 1.99. The summed E-state index contributed by atoms with van der Waals surface area (Å²) in [6.45, 7) is 3.38. The minimum Gasteiger partial charge on any atom is -0.493 e. The van der Waals surface area contributed by atoms with Gasteiger partial charge in [-0.25, -0.2) is 5.43 Å². The Morgan fingerprint density at radius 3 is 2.62 bits per heavy atom. The van der Waals surface area contributed by atoms with Crippen molar-refractivity contribution in [2.45, 2.75) is 26.5 Å². The van der Waals surface area contributed by atoms with Crippen LogP contribution in [0.3, 0.4) is 0 Å². The van der Waals surface area contributed by atoms with E-state index in [4.69, 9.17) is 4.74 Å². The van der Waals surface area contributed by atoms with Gasteiger partial charge in [-0.3, -0.25) is 0 Å². The largest absolute Gasteiger partial charge is 0.493 e. The summed E-state index contributed by atoms with van der Waals surface area (Å²) < 4.78 is 5.61. The molecule has 0 spiro atoms. The van der Waals surface area contributed by atoms with E-state index < -0.39 is 0 Å². The van der Waals surface area contributed by atoms with Crippen LogP contribution in [0.1, 0.15) is 24.5 Å². The zero-order valence-electron chi connectivity index (χ0n) is 12.3. The average Bonchev–Trinajstić information content (AvgIpc) is 2.54. The van der Waals surface area contributed by atoms with E-state index in [0.29, 0.717) is 13.2 Å². The van der Waals surface area contributed by atoms with Gasteiger partial charge < -0.3 is 15.3 Å². The molecule has 4 nitrogen and oxygen atoms in total. The first-order chi connectivity index (χ1) is 10.3. The summed E-state index contributed by atoms with van der Waals surface area (Å²) in [6.07, 6.45) is 0.954. The second-order valence-electron chi connectivity index (χ2n) is 4.79. The number of nitrogens with one attached hydrogen (secondary N) is 2. The lowest BCUT2D eigenvalue weighted by atomic mass is 10.1. The molecule has 0 aromatic heterocycles. The van der Waals surface area contributed by atoms with Crippen molar-refractivity contribution in [2.75, 3.05) is 12.0 Å². The highest BCUT2D eigenvalue weighted by Gasteiger charge is 2.04. The van der Waals surface area contributed by atoms with Gasteiger partial charge in [0.25, 0.3) is 0 Å². The zero-order valence-corrected chi connectivity index (χ0v) is 12.3. The molecule has 2 aromatic carbocycles. The first-order valence-corrected chi connectivity index (χ1v) is 7.23. The molecule has 2 aromatic rings. The Bertz CT molecular complexity index is 544. The lowest BCUT2D eigenvalue weighted by molar-refractivity contribution is 0.262. The Morgan fingerprint density at radius 1 is 1.10 bits per heavy atom. The van der Waals surface area contributed by atoms with Gasteiger partial charge in [0.15, 0.2) is 0 Å². The van der Waals surface area contributed by atoms with Crippen LogP contribution in [-0.4, -0.2) is 11.7 Å². The lowest BCUT2D eigenvalue weighted by Crippen LogP contribution is -2.20. The van der Waals surface area contributed by atoms with Gasteiger partial charge in [-0.05, 0) is 36.2 Å². The van der Waals surface area contributed by atoms with Crippen molar-refractivity contribution in [3.8, 4) is 5.75 Å². The lowest BCUT2D eigenvalue weighted by Gasteiger charge is -2.12. The Morgan fingerprint density at radius 2 is 1.90 bits per heavy atom. The molecule has 0 bridgehead atoms. The standard InChI is InChI=1S/C17H22N2O2/c1-2-10-21-17-9-8-14(11-15(17)13-20)12-18-19-16-6-4-3-5-7-16/h3-9,11,18-20H,2,10,12-13H2,1H3. The second-order valence-corrected chi connectivity index (χ2v) is 4.79. The van der Waals surface area contributed by atoms with Crippen LogP contribution in [0.5, 0.6) is 5.75 Å². The van der Waals surface area contributed by atoms with Crippen molar-refractivity contribution < 1.29 is 9.84 Å². The number of benzene rings is 2. The van der Waals surface area contributed by atoms with E-state index >= 15 is 0 Å². The van der Waals surface area contributed by atoms with Crippen LogP contribution in [0.25, 0.3) is 0 Å². The number of aliphatic hydroxyl groups is 1. The molecule has 0 saturated heterocycles. The van der Waals surface area contributed by atoms with Gasteiger partial charge in [0, 0.05) is 17.8 Å². The third-order valence-corrected chi connectivity index (χ3v) is 3.06. The highest BCUT2D eigenvalue weighted by Crippen LogP contribution is 2.20. The maximum Gasteiger partial charge on any atom is 0.124 e. The number of anilines is 1. The summed E-state index contributed by atoms with van der Waals surface area (Å²) in [5.41, 5.74) is 9.22. The minimum absolute atomic E-state index is 0.0149. The smallest absolute Gasteiger partial charge is 0.124 e. The van der Waals surface area contributed by atoms with E-state index in [1.165, 1.54) is 0 Å². The van der Waals surface area contributed by atoms with Crippen LogP contribution in [-0.2, 0) is 13.2 Å². The first kappa shape index (κ1) is 15.4. The highest BCUT2D eigenvalue weighted by atomic mass is 16.5. The van der Waals surface area contributed by atoms with E-state index in [2.05, 4.69) is 17.8 Å². The number of hydrogen-bond donors (Lipinski definition) is 3. The maximum atomic E-state index is 9.43. The molecule has 0 amide bonds. The molecule has 0 aliphatic heterocycles. The summed E-state index contributed by atoms with van der Waals surface area (Å²) in [4.78, 5) is 0. The molecule has 3 N–H and O–H groups in total. The molecule has 0 aliphatic carbocycles. The van der Waals surface area contributed by atoms with Crippen LogP contribution >= 0.6 is 0 Å². The van der Waals surface area contributed by atoms with E-state index in [-0.39, 0.29) is 6.61 Å². The molecule has 0 radical (unpaired) electrons. The molecule has 0 atom stereocenters.